The third-order valence-corrected chi connectivity index (χ3v) is 7.13. The molecule has 0 bridgehead atoms. The van der Waals surface area contributed by atoms with Crippen molar-refractivity contribution in [3.8, 4) is 5.75 Å². The molecule has 0 radical (unpaired) electrons. The van der Waals surface area contributed by atoms with Gasteiger partial charge in [0.1, 0.15) is 11.6 Å². The lowest BCUT2D eigenvalue weighted by Gasteiger charge is -2.41. The van der Waals surface area contributed by atoms with Gasteiger partial charge in [0, 0.05) is 81.2 Å². The highest BCUT2D eigenvalue weighted by Gasteiger charge is 2.28. The van der Waals surface area contributed by atoms with Crippen LogP contribution in [0.2, 0.25) is 0 Å². The van der Waals surface area contributed by atoms with E-state index in [-0.39, 0.29) is 18.5 Å². The molecule has 2 aromatic rings. The van der Waals surface area contributed by atoms with Crippen LogP contribution in [0.3, 0.4) is 0 Å². The zero-order chi connectivity index (χ0) is 20.9. The number of hydrogen-bond donors (Lipinski definition) is 1. The minimum absolute atomic E-state index is 0.139. The van der Waals surface area contributed by atoms with Crippen LogP contribution in [0.4, 0.5) is 9.52 Å². The second-order valence-corrected chi connectivity index (χ2v) is 9.23. The van der Waals surface area contributed by atoms with Gasteiger partial charge in [-0.1, -0.05) is 6.07 Å². The Hall–Kier alpha value is -1.74. The molecule has 0 aliphatic carbocycles. The van der Waals surface area contributed by atoms with E-state index in [4.69, 9.17) is 4.74 Å². The number of benzene rings is 1. The number of halogens is 1. The summed E-state index contributed by atoms with van der Waals surface area (Å²) in [4.78, 5) is 13.0. The minimum Gasteiger partial charge on any atom is -0.497 e. The van der Waals surface area contributed by atoms with Crippen LogP contribution in [-0.2, 0) is 13.1 Å². The smallest absolute Gasteiger partial charge is 0.185 e. The van der Waals surface area contributed by atoms with E-state index >= 15 is 0 Å². The fraction of sp³-hybridized carbons (Fsp3) is 0.591. The second kappa shape index (κ2) is 10.0. The molecule has 1 aromatic heterocycles. The highest BCUT2D eigenvalue weighted by Crippen LogP contribution is 2.28. The Kier molecular flexibility index (Phi) is 7.20. The van der Waals surface area contributed by atoms with Crippen LogP contribution in [0.25, 0.3) is 0 Å². The van der Waals surface area contributed by atoms with Gasteiger partial charge in [0.25, 0.3) is 0 Å². The lowest BCUT2D eigenvalue weighted by Crippen LogP contribution is -2.52. The Labute approximate surface area is 181 Å². The molecule has 2 aliphatic rings. The molecule has 1 atom stereocenters. The number of thiazole rings is 1. The van der Waals surface area contributed by atoms with Gasteiger partial charge in [0.05, 0.1) is 7.11 Å². The highest BCUT2D eigenvalue weighted by atomic mass is 32.1. The number of aliphatic hydroxyl groups excluding tert-OH is 1. The lowest BCUT2D eigenvalue weighted by atomic mass is 10.1. The first-order valence-electron chi connectivity index (χ1n) is 10.8. The van der Waals surface area contributed by atoms with Crippen molar-refractivity contribution in [2.75, 3.05) is 51.3 Å². The second-order valence-electron chi connectivity index (χ2n) is 8.13. The highest BCUT2D eigenvalue weighted by molar-refractivity contribution is 7.15. The first kappa shape index (κ1) is 21.5. The van der Waals surface area contributed by atoms with Crippen molar-refractivity contribution < 1.29 is 14.2 Å². The number of anilines is 1. The van der Waals surface area contributed by atoms with E-state index < -0.39 is 0 Å². The number of methoxy groups -OCH3 is 1. The summed E-state index contributed by atoms with van der Waals surface area (Å²) in [6.07, 6.45) is 5.22. The van der Waals surface area contributed by atoms with Crippen LogP contribution in [0, 0.1) is 5.82 Å². The monoisotopic (exact) mass is 434 g/mol. The average Bonchev–Trinajstić information content (AvgIpc) is 3.43. The third kappa shape index (κ3) is 5.11. The lowest BCUT2D eigenvalue weighted by molar-refractivity contribution is 0.0497. The SMILES string of the molecule is COc1ccc(CN2CCN(Cc3cnc(N4CCCC4)s3)CC2CCO)c(F)c1. The molecule has 2 fully saturated rings. The van der Waals surface area contributed by atoms with Crippen LogP contribution in [0.1, 0.15) is 29.7 Å². The van der Waals surface area contributed by atoms with Crippen molar-refractivity contribution in [1.29, 1.82) is 0 Å². The molecular weight excluding hydrogens is 403 g/mol. The van der Waals surface area contributed by atoms with Crippen LogP contribution in [-0.4, -0.2) is 72.4 Å². The van der Waals surface area contributed by atoms with E-state index in [1.54, 1.807) is 30.6 Å². The molecule has 0 amide bonds. The van der Waals surface area contributed by atoms with Gasteiger partial charge in [-0.3, -0.25) is 9.80 Å². The van der Waals surface area contributed by atoms with Gasteiger partial charge >= 0.3 is 0 Å². The topological polar surface area (TPSA) is 52.1 Å². The van der Waals surface area contributed by atoms with Gasteiger partial charge in [-0.25, -0.2) is 9.37 Å². The standard InChI is InChI=1S/C22H31FN4O2S/c1-29-19-5-4-17(21(23)12-19)14-27-10-9-25(15-18(27)6-11-28)16-20-13-24-22(30-20)26-7-2-3-8-26/h4-5,12-13,18,28H,2-3,6-11,14-16H2,1H3. The zero-order valence-corrected chi connectivity index (χ0v) is 18.4. The fourth-order valence-electron chi connectivity index (χ4n) is 4.38. The largest absolute Gasteiger partial charge is 0.497 e. The zero-order valence-electron chi connectivity index (χ0n) is 17.6. The predicted molar refractivity (Wildman–Crippen MR) is 118 cm³/mol. The first-order chi connectivity index (χ1) is 14.7. The molecule has 3 heterocycles. The molecule has 1 aromatic carbocycles. The van der Waals surface area contributed by atoms with Gasteiger partial charge in [-0.15, -0.1) is 11.3 Å². The van der Waals surface area contributed by atoms with Gasteiger partial charge in [-0.05, 0) is 25.3 Å². The summed E-state index contributed by atoms with van der Waals surface area (Å²) in [7, 11) is 1.54. The van der Waals surface area contributed by atoms with Crippen molar-refractivity contribution in [2.24, 2.45) is 0 Å². The first-order valence-corrected chi connectivity index (χ1v) is 11.6. The predicted octanol–water partition coefficient (Wildman–Crippen LogP) is 2.96. The van der Waals surface area contributed by atoms with Gasteiger partial charge in [0.15, 0.2) is 5.13 Å². The van der Waals surface area contributed by atoms with E-state index in [1.807, 2.05) is 6.20 Å². The summed E-state index contributed by atoms with van der Waals surface area (Å²) >= 11 is 1.80. The van der Waals surface area contributed by atoms with Crippen LogP contribution < -0.4 is 9.64 Å². The third-order valence-electron chi connectivity index (χ3n) is 6.08. The maximum Gasteiger partial charge on any atom is 0.185 e. The average molecular weight is 435 g/mol. The maximum absolute atomic E-state index is 14.4. The molecular formula is C22H31FN4O2S. The molecule has 6 nitrogen and oxygen atoms in total. The fourth-order valence-corrected chi connectivity index (χ4v) is 5.38. The summed E-state index contributed by atoms with van der Waals surface area (Å²) in [6.45, 7) is 6.46. The normalized spacial score (nSPS) is 20.8. The molecule has 2 saturated heterocycles. The molecule has 4 rings (SSSR count). The van der Waals surface area contributed by atoms with Crippen molar-refractivity contribution in [2.45, 2.75) is 38.4 Å². The van der Waals surface area contributed by atoms with E-state index in [0.29, 0.717) is 24.3 Å². The van der Waals surface area contributed by atoms with Gasteiger partial charge in [0.2, 0.25) is 0 Å². The van der Waals surface area contributed by atoms with Crippen molar-refractivity contribution in [1.82, 2.24) is 14.8 Å². The van der Waals surface area contributed by atoms with Crippen molar-refractivity contribution in [3.05, 3.63) is 40.7 Å². The Morgan fingerprint density at radius 2 is 2.03 bits per heavy atom. The number of hydrogen-bond acceptors (Lipinski definition) is 7. The summed E-state index contributed by atoms with van der Waals surface area (Å²) in [5.41, 5.74) is 0.671. The molecule has 30 heavy (non-hydrogen) atoms. The number of aromatic nitrogens is 1. The summed E-state index contributed by atoms with van der Waals surface area (Å²) < 4.78 is 19.5. The quantitative estimate of drug-likeness (QED) is 0.690. The van der Waals surface area contributed by atoms with E-state index in [9.17, 15) is 9.50 Å². The molecule has 2 aliphatic heterocycles. The Morgan fingerprint density at radius 1 is 1.20 bits per heavy atom. The number of piperazine rings is 1. The van der Waals surface area contributed by atoms with Crippen LogP contribution in [0.15, 0.2) is 24.4 Å². The summed E-state index contributed by atoms with van der Waals surface area (Å²) in [5, 5.41) is 10.7. The van der Waals surface area contributed by atoms with Gasteiger partial charge in [-0.2, -0.15) is 0 Å². The molecule has 8 heteroatoms. The summed E-state index contributed by atoms with van der Waals surface area (Å²) in [6, 6.07) is 5.25. The number of ether oxygens (including phenoxy) is 1. The molecule has 0 saturated carbocycles. The molecule has 164 valence electrons. The van der Waals surface area contributed by atoms with E-state index in [1.165, 1.54) is 23.8 Å². The van der Waals surface area contributed by atoms with Crippen LogP contribution >= 0.6 is 11.3 Å². The van der Waals surface area contributed by atoms with E-state index in [0.717, 1.165) is 44.4 Å². The molecule has 1 unspecified atom stereocenters. The van der Waals surface area contributed by atoms with Crippen LogP contribution in [0.5, 0.6) is 5.75 Å². The summed E-state index contributed by atoms with van der Waals surface area (Å²) in [5.74, 6) is 0.296. The minimum atomic E-state index is -0.237. The van der Waals surface area contributed by atoms with Gasteiger partial charge < -0.3 is 14.7 Å². The molecule has 1 N–H and O–H groups in total. The molecule has 0 spiro atoms. The van der Waals surface area contributed by atoms with Crippen molar-refractivity contribution in [3.63, 3.8) is 0 Å². The Morgan fingerprint density at radius 3 is 2.77 bits per heavy atom. The number of nitrogens with zero attached hydrogens (tertiary/aromatic N) is 4. The maximum atomic E-state index is 14.4. The Bertz CT molecular complexity index is 827. The number of rotatable bonds is 8. The number of aliphatic hydroxyl groups is 1. The Balaban J connectivity index is 1.37. The van der Waals surface area contributed by atoms with Crippen molar-refractivity contribution >= 4 is 16.5 Å². The van der Waals surface area contributed by atoms with E-state index in [2.05, 4.69) is 19.7 Å².